The van der Waals surface area contributed by atoms with Gasteiger partial charge in [-0.05, 0) is 12.1 Å². The van der Waals surface area contributed by atoms with E-state index in [1.54, 1.807) is 6.07 Å². The molecule has 0 bridgehead atoms. The minimum atomic E-state index is -1.11. The van der Waals surface area contributed by atoms with Crippen molar-refractivity contribution in [3.8, 4) is 0 Å². The van der Waals surface area contributed by atoms with Gasteiger partial charge in [0.1, 0.15) is 0 Å². The van der Waals surface area contributed by atoms with Crippen LogP contribution >= 0.6 is 11.6 Å². The summed E-state index contributed by atoms with van der Waals surface area (Å²) in [5, 5.41) is 10.7. The van der Waals surface area contributed by atoms with Gasteiger partial charge in [-0.2, -0.15) is 0 Å². The Morgan fingerprint density at radius 2 is 2.29 bits per heavy atom. The van der Waals surface area contributed by atoms with Crippen molar-refractivity contribution in [1.82, 2.24) is 0 Å². The van der Waals surface area contributed by atoms with Gasteiger partial charge in [0, 0.05) is 12.3 Å². The quantitative estimate of drug-likeness (QED) is 0.762. The van der Waals surface area contributed by atoms with Crippen LogP contribution in [0.15, 0.2) is 30.5 Å². The second-order valence-corrected chi connectivity index (χ2v) is 2.82. The lowest BCUT2D eigenvalue weighted by Crippen LogP contribution is -1.94. The van der Waals surface area contributed by atoms with Gasteiger partial charge in [0.25, 0.3) is 0 Å². The molecule has 74 valence electrons. The summed E-state index contributed by atoms with van der Waals surface area (Å²) < 4.78 is 13.2. The monoisotopic (exact) mass is 215 g/mol. The predicted molar refractivity (Wildman–Crippen MR) is 51.8 cm³/mol. The van der Waals surface area contributed by atoms with Gasteiger partial charge in [-0.3, -0.25) is 0 Å². The molecular weight excluding hydrogens is 209 g/mol. The summed E-state index contributed by atoms with van der Waals surface area (Å²) in [7, 11) is 0. The highest BCUT2D eigenvalue weighted by Crippen LogP contribution is 2.21. The van der Waals surface area contributed by atoms with E-state index >= 15 is 0 Å². The van der Waals surface area contributed by atoms with Crippen LogP contribution in [0.5, 0.6) is 0 Å². The maximum absolute atomic E-state index is 13.2. The summed E-state index contributed by atoms with van der Waals surface area (Å²) in [6.45, 7) is 0. The van der Waals surface area contributed by atoms with Gasteiger partial charge in [-0.15, -0.1) is 0 Å². The first-order chi connectivity index (χ1) is 6.61. The molecule has 14 heavy (non-hydrogen) atoms. The Morgan fingerprint density at radius 1 is 1.57 bits per heavy atom. The van der Waals surface area contributed by atoms with Crippen molar-refractivity contribution in [1.29, 1.82) is 0 Å². The van der Waals surface area contributed by atoms with Crippen LogP contribution in [-0.2, 0) is 4.79 Å². The number of hydrogen-bond acceptors (Lipinski definition) is 2. The van der Waals surface area contributed by atoms with Crippen LogP contribution in [0.2, 0.25) is 5.02 Å². The van der Waals surface area contributed by atoms with Crippen molar-refractivity contribution in [3.05, 3.63) is 41.3 Å². The van der Waals surface area contributed by atoms with Gasteiger partial charge >= 0.3 is 5.97 Å². The van der Waals surface area contributed by atoms with Crippen LogP contribution in [0.4, 0.5) is 10.1 Å². The Morgan fingerprint density at radius 3 is 2.93 bits per heavy atom. The first-order valence-corrected chi connectivity index (χ1v) is 4.09. The molecule has 0 aliphatic heterocycles. The largest absolute Gasteiger partial charge is 0.478 e. The molecule has 1 rings (SSSR count). The van der Waals surface area contributed by atoms with Gasteiger partial charge in [0.15, 0.2) is 5.82 Å². The molecule has 0 amide bonds. The molecule has 2 N–H and O–H groups in total. The summed E-state index contributed by atoms with van der Waals surface area (Å²) in [5.41, 5.74) is 0.134. The molecule has 0 heterocycles. The topological polar surface area (TPSA) is 49.3 Å². The second-order valence-electron chi connectivity index (χ2n) is 2.42. The van der Waals surface area contributed by atoms with E-state index < -0.39 is 11.8 Å². The highest BCUT2D eigenvalue weighted by atomic mass is 35.5. The Balaban J connectivity index is 2.77. The summed E-state index contributed by atoms with van der Waals surface area (Å²) in [4.78, 5) is 10.1. The van der Waals surface area contributed by atoms with Crippen LogP contribution < -0.4 is 5.32 Å². The van der Waals surface area contributed by atoms with Crippen LogP contribution in [-0.4, -0.2) is 11.1 Å². The van der Waals surface area contributed by atoms with Crippen LogP contribution in [0.1, 0.15) is 0 Å². The molecule has 0 spiro atoms. The molecule has 1 aromatic rings. The summed E-state index contributed by atoms with van der Waals surface area (Å²) in [5.74, 6) is -1.72. The molecule has 0 saturated heterocycles. The number of rotatable bonds is 3. The van der Waals surface area contributed by atoms with E-state index in [0.717, 1.165) is 12.3 Å². The third-order valence-corrected chi connectivity index (χ3v) is 1.71. The first kappa shape index (κ1) is 10.5. The predicted octanol–water partition coefficient (Wildman–Crippen LogP) is 2.49. The van der Waals surface area contributed by atoms with Gasteiger partial charge in [0.05, 0.1) is 10.7 Å². The lowest BCUT2D eigenvalue weighted by Gasteiger charge is -2.02. The Labute approximate surface area is 84.8 Å². The third-order valence-electron chi connectivity index (χ3n) is 1.42. The van der Waals surface area contributed by atoms with Crippen molar-refractivity contribution in [3.63, 3.8) is 0 Å². The van der Waals surface area contributed by atoms with Crippen LogP contribution in [0.25, 0.3) is 0 Å². The number of aliphatic carboxylic acids is 1. The van der Waals surface area contributed by atoms with E-state index in [4.69, 9.17) is 16.7 Å². The molecule has 0 saturated carbocycles. The smallest absolute Gasteiger partial charge is 0.329 e. The van der Waals surface area contributed by atoms with Gasteiger partial charge < -0.3 is 10.4 Å². The fraction of sp³-hybridized carbons (Fsp3) is 0. The molecule has 0 atom stereocenters. The zero-order valence-corrected chi connectivity index (χ0v) is 7.75. The number of nitrogens with one attached hydrogen (secondary N) is 1. The molecule has 0 aromatic heterocycles. The molecule has 5 heteroatoms. The van der Waals surface area contributed by atoms with E-state index in [2.05, 4.69) is 5.32 Å². The fourth-order valence-corrected chi connectivity index (χ4v) is 0.993. The molecule has 0 aliphatic rings. The highest BCUT2D eigenvalue weighted by Gasteiger charge is 2.03. The summed E-state index contributed by atoms with van der Waals surface area (Å²) in [6.07, 6.45) is 1.98. The molecule has 3 nitrogen and oxygen atoms in total. The zero-order valence-electron chi connectivity index (χ0n) is 7.00. The van der Waals surface area contributed by atoms with Crippen LogP contribution in [0, 0.1) is 5.82 Å². The molecular formula is C9H7ClFNO2. The van der Waals surface area contributed by atoms with E-state index in [1.165, 1.54) is 12.1 Å². The van der Waals surface area contributed by atoms with Gasteiger partial charge in [-0.25, -0.2) is 9.18 Å². The standard InChI is InChI=1S/C9H7ClFNO2/c10-6-2-1-3-7(9(6)11)12-5-4-8(13)14/h1-5,12H,(H,13,14)/b5-4+. The first-order valence-electron chi connectivity index (χ1n) is 3.71. The van der Waals surface area contributed by atoms with Crippen LogP contribution in [0.3, 0.4) is 0 Å². The average molecular weight is 216 g/mol. The maximum atomic E-state index is 13.2. The zero-order chi connectivity index (χ0) is 10.6. The molecule has 0 fully saturated rings. The number of carbonyl (C=O) groups is 1. The van der Waals surface area contributed by atoms with E-state index in [1.807, 2.05) is 0 Å². The summed E-state index contributed by atoms with van der Waals surface area (Å²) in [6, 6.07) is 4.42. The van der Waals surface area contributed by atoms with Crippen molar-refractivity contribution in [2.45, 2.75) is 0 Å². The molecule has 1 aromatic carbocycles. The number of anilines is 1. The SMILES string of the molecule is O=C(O)/C=C/Nc1cccc(Cl)c1F. The number of halogens is 2. The van der Waals surface area contributed by atoms with E-state index in [0.29, 0.717) is 0 Å². The highest BCUT2D eigenvalue weighted by molar-refractivity contribution is 6.31. The Hall–Kier alpha value is -1.55. The van der Waals surface area contributed by atoms with Crippen molar-refractivity contribution < 1.29 is 14.3 Å². The maximum Gasteiger partial charge on any atom is 0.329 e. The van der Waals surface area contributed by atoms with Crippen molar-refractivity contribution >= 4 is 23.3 Å². The second kappa shape index (κ2) is 4.62. The molecule has 0 aliphatic carbocycles. The van der Waals surface area contributed by atoms with Gasteiger partial charge in [0.2, 0.25) is 0 Å². The number of carboxylic acids is 1. The van der Waals surface area contributed by atoms with Crippen molar-refractivity contribution in [2.24, 2.45) is 0 Å². The number of hydrogen-bond donors (Lipinski definition) is 2. The van der Waals surface area contributed by atoms with Crippen molar-refractivity contribution in [2.75, 3.05) is 5.32 Å². The van der Waals surface area contributed by atoms with E-state index in [9.17, 15) is 9.18 Å². The lowest BCUT2D eigenvalue weighted by atomic mass is 10.3. The normalized spacial score (nSPS) is 10.4. The Kier molecular flexibility index (Phi) is 3.48. The average Bonchev–Trinajstić information content (AvgIpc) is 2.12. The fourth-order valence-electron chi connectivity index (χ4n) is 0.818. The third kappa shape index (κ3) is 2.74. The lowest BCUT2D eigenvalue weighted by molar-refractivity contribution is -0.131. The molecule has 0 radical (unpaired) electrons. The van der Waals surface area contributed by atoms with Gasteiger partial charge in [-0.1, -0.05) is 17.7 Å². The van der Waals surface area contributed by atoms with E-state index in [-0.39, 0.29) is 10.7 Å². The molecule has 0 unspecified atom stereocenters. The Bertz CT molecular complexity index is 379. The minimum Gasteiger partial charge on any atom is -0.478 e. The summed E-state index contributed by atoms with van der Waals surface area (Å²) >= 11 is 5.50. The number of carboxylic acid groups (broad SMARTS) is 1. The number of benzene rings is 1. The minimum absolute atomic E-state index is 0.0151.